The average molecular weight is 259 g/mol. The van der Waals surface area contributed by atoms with E-state index in [0.29, 0.717) is 0 Å². The Morgan fingerprint density at radius 1 is 1.65 bits per heavy atom. The summed E-state index contributed by atoms with van der Waals surface area (Å²) in [4.78, 5) is 38.0. The van der Waals surface area contributed by atoms with Crippen LogP contribution in [0.5, 0.6) is 0 Å². The minimum atomic E-state index is -0.838. The van der Waals surface area contributed by atoms with Crippen LogP contribution in [0.1, 0.15) is 5.69 Å². The first-order valence-electron chi connectivity index (χ1n) is 4.40. The molecule has 0 radical (unpaired) electrons. The van der Waals surface area contributed by atoms with Crippen LogP contribution in [0.15, 0.2) is 9.95 Å². The van der Waals surface area contributed by atoms with Crippen LogP contribution in [-0.2, 0) is 9.53 Å². The van der Waals surface area contributed by atoms with E-state index in [1.54, 1.807) is 0 Å². The molecule has 8 nitrogen and oxygen atoms in total. The number of rotatable bonds is 4. The number of carbonyl (C=O) groups is 1. The summed E-state index contributed by atoms with van der Waals surface area (Å²) in [6.07, 6.45) is 0. The van der Waals surface area contributed by atoms with Gasteiger partial charge in [0.05, 0.1) is 17.8 Å². The highest BCUT2D eigenvalue weighted by Crippen LogP contribution is 2.15. The molecule has 0 aliphatic carbocycles. The third-order valence-corrected chi connectivity index (χ3v) is 2.63. The molecule has 0 aliphatic heterocycles. The molecule has 0 saturated heterocycles. The molecule has 0 bridgehead atoms. The van der Waals surface area contributed by atoms with Crippen molar-refractivity contribution in [2.75, 3.05) is 12.9 Å². The number of aromatic nitrogens is 2. The van der Waals surface area contributed by atoms with E-state index in [0.717, 1.165) is 11.8 Å². The lowest BCUT2D eigenvalue weighted by Gasteiger charge is -2.01. The number of aromatic amines is 1. The maximum Gasteiger partial charge on any atom is 0.354 e. The molecule has 0 atom stereocenters. The maximum atomic E-state index is 11.3. The number of methoxy groups -OCH3 is 1. The highest BCUT2D eigenvalue weighted by Gasteiger charge is 2.19. The van der Waals surface area contributed by atoms with Crippen LogP contribution in [0.4, 0.5) is 5.69 Å². The van der Waals surface area contributed by atoms with Gasteiger partial charge in [0.25, 0.3) is 0 Å². The van der Waals surface area contributed by atoms with Gasteiger partial charge in [0.15, 0.2) is 5.16 Å². The van der Waals surface area contributed by atoms with Gasteiger partial charge in [-0.3, -0.25) is 24.7 Å². The van der Waals surface area contributed by atoms with Crippen LogP contribution in [-0.4, -0.2) is 33.7 Å². The number of thioether (sulfide) groups is 1. The Morgan fingerprint density at radius 2 is 2.29 bits per heavy atom. The lowest BCUT2D eigenvalue weighted by molar-refractivity contribution is -0.387. The summed E-state index contributed by atoms with van der Waals surface area (Å²) in [7, 11) is 1.24. The number of esters is 1. The van der Waals surface area contributed by atoms with E-state index in [4.69, 9.17) is 0 Å². The summed E-state index contributed by atoms with van der Waals surface area (Å²) in [6, 6.07) is 0. The molecule has 17 heavy (non-hydrogen) atoms. The second-order valence-electron chi connectivity index (χ2n) is 2.93. The molecule has 9 heteroatoms. The van der Waals surface area contributed by atoms with E-state index in [1.165, 1.54) is 14.0 Å². The topological polar surface area (TPSA) is 115 Å². The molecule has 0 unspecified atom stereocenters. The summed E-state index contributed by atoms with van der Waals surface area (Å²) in [6.45, 7) is 1.36. The summed E-state index contributed by atoms with van der Waals surface area (Å²) in [5.74, 6) is -0.509. The van der Waals surface area contributed by atoms with Gasteiger partial charge in [-0.25, -0.2) is 4.98 Å². The zero-order valence-electron chi connectivity index (χ0n) is 9.05. The lowest BCUT2D eigenvalue weighted by atomic mass is 10.4. The molecule has 1 rings (SSSR count). The molecule has 0 amide bonds. The molecule has 0 saturated carbocycles. The van der Waals surface area contributed by atoms with E-state index in [2.05, 4.69) is 14.7 Å². The van der Waals surface area contributed by atoms with Gasteiger partial charge in [-0.1, -0.05) is 11.8 Å². The smallest absolute Gasteiger partial charge is 0.354 e. The number of nitrogens with zero attached hydrogens (tertiary/aromatic N) is 2. The fraction of sp³-hybridized carbons (Fsp3) is 0.375. The first-order chi connectivity index (χ1) is 7.95. The summed E-state index contributed by atoms with van der Waals surface area (Å²) >= 11 is 0.938. The van der Waals surface area contributed by atoms with Gasteiger partial charge < -0.3 is 4.74 Å². The largest absolute Gasteiger partial charge is 0.468 e. The van der Waals surface area contributed by atoms with Crippen molar-refractivity contribution in [3.63, 3.8) is 0 Å². The third kappa shape index (κ3) is 3.28. The van der Waals surface area contributed by atoms with Crippen LogP contribution in [0.25, 0.3) is 0 Å². The Labute approximate surface area is 99.5 Å². The monoisotopic (exact) mass is 259 g/mol. The Hall–Kier alpha value is -1.90. The number of carbonyl (C=O) groups excluding carboxylic acids is 1. The standard InChI is InChI=1S/C8H9N3O5S/c1-4-6(11(14)15)7(13)10-8(9-4)17-3-5(12)16-2/h3H2,1-2H3,(H,9,10,13). The van der Waals surface area contributed by atoms with Crippen molar-refractivity contribution in [2.45, 2.75) is 12.1 Å². The lowest BCUT2D eigenvalue weighted by Crippen LogP contribution is -2.16. The molecule has 1 N–H and O–H groups in total. The summed E-state index contributed by atoms with van der Waals surface area (Å²) in [5.41, 5.74) is -1.42. The Kier molecular flexibility index (Phi) is 4.21. The van der Waals surface area contributed by atoms with Crippen molar-refractivity contribution in [1.29, 1.82) is 0 Å². The number of H-pyrrole nitrogens is 1. The van der Waals surface area contributed by atoms with Crippen molar-refractivity contribution in [3.05, 3.63) is 26.2 Å². The van der Waals surface area contributed by atoms with Crippen LogP contribution in [0, 0.1) is 17.0 Å². The van der Waals surface area contributed by atoms with Gasteiger partial charge in [-0.15, -0.1) is 0 Å². The van der Waals surface area contributed by atoms with E-state index in [-0.39, 0.29) is 16.6 Å². The first-order valence-corrected chi connectivity index (χ1v) is 5.39. The number of hydrogen-bond donors (Lipinski definition) is 1. The van der Waals surface area contributed by atoms with Gasteiger partial charge in [0.2, 0.25) is 0 Å². The maximum absolute atomic E-state index is 11.3. The fourth-order valence-corrected chi connectivity index (χ4v) is 1.76. The number of nitrogens with one attached hydrogen (secondary N) is 1. The highest BCUT2D eigenvalue weighted by molar-refractivity contribution is 7.99. The van der Waals surface area contributed by atoms with Crippen molar-refractivity contribution in [1.82, 2.24) is 9.97 Å². The second kappa shape index (κ2) is 5.43. The molecular weight excluding hydrogens is 250 g/mol. The van der Waals surface area contributed by atoms with Gasteiger partial charge >= 0.3 is 17.2 Å². The summed E-state index contributed by atoms with van der Waals surface area (Å²) < 4.78 is 4.41. The van der Waals surface area contributed by atoms with Gasteiger partial charge in [-0.05, 0) is 6.92 Å². The Bertz CT molecular complexity index is 512. The van der Waals surface area contributed by atoms with Gasteiger partial charge in [0, 0.05) is 0 Å². The predicted octanol–water partition coefficient (Wildman–Crippen LogP) is 0.252. The van der Waals surface area contributed by atoms with Crippen LogP contribution < -0.4 is 5.56 Å². The van der Waals surface area contributed by atoms with Gasteiger partial charge in [-0.2, -0.15) is 0 Å². The van der Waals surface area contributed by atoms with E-state index in [9.17, 15) is 19.7 Å². The minimum Gasteiger partial charge on any atom is -0.468 e. The molecule has 0 fully saturated rings. The Balaban J connectivity index is 2.95. The number of nitro groups is 1. The predicted molar refractivity (Wildman–Crippen MR) is 59.0 cm³/mol. The van der Waals surface area contributed by atoms with Crippen molar-refractivity contribution < 1.29 is 14.5 Å². The second-order valence-corrected chi connectivity index (χ2v) is 3.89. The first kappa shape index (κ1) is 13.2. The van der Waals surface area contributed by atoms with Crippen LogP contribution in [0.2, 0.25) is 0 Å². The van der Waals surface area contributed by atoms with E-state index in [1.807, 2.05) is 0 Å². The molecule has 92 valence electrons. The van der Waals surface area contributed by atoms with E-state index >= 15 is 0 Å². The fourth-order valence-electron chi connectivity index (χ4n) is 1.02. The molecule has 1 heterocycles. The van der Waals surface area contributed by atoms with E-state index < -0.39 is 22.1 Å². The van der Waals surface area contributed by atoms with Gasteiger partial charge in [0.1, 0.15) is 5.69 Å². The molecule has 0 aliphatic rings. The molecule has 1 aromatic heterocycles. The van der Waals surface area contributed by atoms with Crippen LogP contribution in [0.3, 0.4) is 0 Å². The Morgan fingerprint density at radius 3 is 2.76 bits per heavy atom. The SMILES string of the molecule is COC(=O)CSc1nc(C)c([N+](=O)[O-])c(=O)[nH]1. The molecular formula is C8H9N3O5S. The number of aryl methyl sites for hydroxylation is 1. The average Bonchev–Trinajstić information content (AvgIpc) is 2.24. The van der Waals surface area contributed by atoms with Crippen molar-refractivity contribution in [2.24, 2.45) is 0 Å². The highest BCUT2D eigenvalue weighted by atomic mass is 32.2. The number of ether oxygens (including phenoxy) is 1. The molecule has 0 spiro atoms. The quantitative estimate of drug-likeness (QED) is 0.271. The zero-order valence-corrected chi connectivity index (χ0v) is 9.87. The van der Waals surface area contributed by atoms with Crippen molar-refractivity contribution >= 4 is 23.4 Å². The third-order valence-electron chi connectivity index (χ3n) is 1.78. The normalized spacial score (nSPS) is 10.0. The van der Waals surface area contributed by atoms with Crippen LogP contribution >= 0.6 is 11.8 Å². The minimum absolute atomic E-state index is 0.00566. The van der Waals surface area contributed by atoms with Crippen molar-refractivity contribution in [3.8, 4) is 0 Å². The molecule has 1 aromatic rings. The molecule has 0 aromatic carbocycles. The summed E-state index contributed by atoms with van der Waals surface area (Å²) in [5, 5.41) is 10.7. The zero-order chi connectivity index (χ0) is 13.0. The number of hydrogen-bond acceptors (Lipinski definition) is 7.